The summed E-state index contributed by atoms with van der Waals surface area (Å²) in [5.41, 5.74) is -0.896. The Hall–Kier alpha value is -0.650. The Labute approximate surface area is 81.7 Å². The third kappa shape index (κ3) is 0.872. The lowest BCUT2D eigenvalue weighted by atomic mass is 9.93. The molecule has 3 atom stereocenters. The Balaban J connectivity index is 2.03. The van der Waals surface area contributed by atoms with E-state index < -0.39 is 11.4 Å². The molecule has 3 rings (SSSR count). The van der Waals surface area contributed by atoms with Crippen LogP contribution in [-0.4, -0.2) is 42.7 Å². The quantitative estimate of drug-likeness (QED) is 0.528. The van der Waals surface area contributed by atoms with Gasteiger partial charge in [-0.25, -0.2) is 4.79 Å². The highest BCUT2D eigenvalue weighted by Crippen LogP contribution is 2.45. The number of carbonyl (C=O) groups is 1. The Kier molecular flexibility index (Phi) is 1.41. The summed E-state index contributed by atoms with van der Waals surface area (Å²) in [5, 5.41) is 3.13. The van der Waals surface area contributed by atoms with Gasteiger partial charge in [0.2, 0.25) is 5.60 Å². The van der Waals surface area contributed by atoms with Crippen molar-refractivity contribution in [3.63, 3.8) is 0 Å². The van der Waals surface area contributed by atoms with Crippen molar-refractivity contribution >= 4 is 5.97 Å². The number of nitrogens with one attached hydrogen (secondary N) is 1. The normalized spacial score (nSPS) is 48.9. The molecule has 0 amide bonds. The average molecular weight is 199 g/mol. The highest BCUT2D eigenvalue weighted by Gasteiger charge is 2.68. The fraction of sp³-hybridized carbons (Fsp3) is 0.889. The maximum Gasteiger partial charge on any atom is 0.343 e. The van der Waals surface area contributed by atoms with Crippen LogP contribution in [0.15, 0.2) is 0 Å². The Bertz CT molecular complexity index is 303. The van der Waals surface area contributed by atoms with Crippen molar-refractivity contribution in [3.05, 3.63) is 0 Å². The minimum atomic E-state index is -0.896. The molecule has 3 saturated heterocycles. The molecular weight excluding hydrogens is 186 g/mol. The lowest BCUT2D eigenvalue weighted by Crippen LogP contribution is -2.57. The summed E-state index contributed by atoms with van der Waals surface area (Å²) in [5.74, 6) is -0.975. The molecule has 0 radical (unpaired) electrons. The summed E-state index contributed by atoms with van der Waals surface area (Å²) in [7, 11) is 0. The second-order valence-electron chi connectivity index (χ2n) is 4.50. The number of hydrogen-bond acceptors (Lipinski definition) is 5. The van der Waals surface area contributed by atoms with Gasteiger partial charge in [0.15, 0.2) is 5.79 Å². The van der Waals surface area contributed by atoms with Gasteiger partial charge in [0, 0.05) is 13.1 Å². The van der Waals surface area contributed by atoms with E-state index in [4.69, 9.17) is 14.2 Å². The molecule has 1 N–H and O–H groups in total. The highest BCUT2D eigenvalue weighted by molar-refractivity contribution is 5.84. The zero-order valence-electron chi connectivity index (χ0n) is 8.20. The molecule has 0 spiro atoms. The number of ether oxygens (including phenoxy) is 3. The first-order chi connectivity index (χ1) is 6.54. The third-order valence-corrected chi connectivity index (χ3v) is 2.97. The van der Waals surface area contributed by atoms with E-state index in [-0.39, 0.29) is 18.2 Å². The molecule has 3 aliphatic heterocycles. The standard InChI is InChI=1S/C9H13NO4/c1-8(2)13-6-5-3-10-4-9(6,14-8)7(11)12-5/h5-6,10H,3-4H2,1-2H3/t5-,6-,9-/m1/s1. The van der Waals surface area contributed by atoms with Crippen molar-refractivity contribution in [3.8, 4) is 0 Å². The van der Waals surface area contributed by atoms with Gasteiger partial charge in [0.25, 0.3) is 0 Å². The average Bonchev–Trinajstić information content (AvgIpc) is 2.40. The minimum absolute atomic E-state index is 0.196. The van der Waals surface area contributed by atoms with Gasteiger partial charge in [-0.15, -0.1) is 0 Å². The Morgan fingerprint density at radius 1 is 1.50 bits per heavy atom. The predicted molar refractivity (Wildman–Crippen MR) is 45.5 cm³/mol. The highest BCUT2D eigenvalue weighted by atomic mass is 16.8. The summed E-state index contributed by atoms with van der Waals surface area (Å²) >= 11 is 0. The smallest absolute Gasteiger partial charge is 0.343 e. The molecule has 3 aliphatic rings. The van der Waals surface area contributed by atoms with E-state index in [1.54, 1.807) is 0 Å². The molecule has 78 valence electrons. The van der Waals surface area contributed by atoms with E-state index >= 15 is 0 Å². The van der Waals surface area contributed by atoms with Gasteiger partial charge in [-0.05, 0) is 13.8 Å². The first-order valence-electron chi connectivity index (χ1n) is 4.83. The van der Waals surface area contributed by atoms with Crippen molar-refractivity contribution in [2.75, 3.05) is 13.1 Å². The molecule has 0 unspecified atom stereocenters. The maximum absolute atomic E-state index is 11.7. The van der Waals surface area contributed by atoms with Crippen LogP contribution in [-0.2, 0) is 19.0 Å². The van der Waals surface area contributed by atoms with Crippen LogP contribution in [0.5, 0.6) is 0 Å². The number of rotatable bonds is 0. The van der Waals surface area contributed by atoms with E-state index in [1.165, 1.54) is 0 Å². The number of esters is 1. The third-order valence-electron chi connectivity index (χ3n) is 2.97. The van der Waals surface area contributed by atoms with Crippen LogP contribution in [0.1, 0.15) is 13.8 Å². The van der Waals surface area contributed by atoms with E-state index in [9.17, 15) is 4.79 Å². The molecule has 0 aliphatic carbocycles. The molecule has 14 heavy (non-hydrogen) atoms. The van der Waals surface area contributed by atoms with Gasteiger partial charge in [-0.2, -0.15) is 0 Å². The Morgan fingerprint density at radius 2 is 2.29 bits per heavy atom. The van der Waals surface area contributed by atoms with Crippen molar-refractivity contribution in [1.82, 2.24) is 5.32 Å². The zero-order valence-corrected chi connectivity index (χ0v) is 8.20. The molecule has 3 fully saturated rings. The number of hydrogen-bond donors (Lipinski definition) is 1. The van der Waals surface area contributed by atoms with E-state index in [0.29, 0.717) is 13.1 Å². The maximum atomic E-state index is 11.7. The van der Waals surface area contributed by atoms with Gasteiger partial charge in [-0.1, -0.05) is 0 Å². The van der Waals surface area contributed by atoms with Crippen LogP contribution in [0.3, 0.4) is 0 Å². The van der Waals surface area contributed by atoms with E-state index in [0.717, 1.165) is 0 Å². The largest absolute Gasteiger partial charge is 0.456 e. The number of carbonyl (C=O) groups excluding carboxylic acids is 1. The molecule has 3 heterocycles. The first-order valence-corrected chi connectivity index (χ1v) is 4.83. The van der Waals surface area contributed by atoms with Crippen molar-refractivity contribution in [1.29, 1.82) is 0 Å². The second-order valence-corrected chi connectivity index (χ2v) is 4.50. The molecule has 2 bridgehead atoms. The van der Waals surface area contributed by atoms with Gasteiger partial charge in [0.1, 0.15) is 12.2 Å². The monoisotopic (exact) mass is 199 g/mol. The molecule has 5 heteroatoms. The van der Waals surface area contributed by atoms with Crippen LogP contribution >= 0.6 is 0 Å². The first kappa shape index (κ1) is 8.64. The lowest BCUT2D eigenvalue weighted by molar-refractivity contribution is -0.194. The zero-order chi connectivity index (χ0) is 9.97. The van der Waals surface area contributed by atoms with Crippen molar-refractivity contribution < 1.29 is 19.0 Å². The summed E-state index contributed by atoms with van der Waals surface area (Å²) in [4.78, 5) is 11.7. The van der Waals surface area contributed by atoms with Gasteiger partial charge in [-0.3, -0.25) is 0 Å². The van der Waals surface area contributed by atoms with Gasteiger partial charge >= 0.3 is 5.97 Å². The fourth-order valence-corrected chi connectivity index (χ4v) is 2.51. The van der Waals surface area contributed by atoms with E-state index in [2.05, 4.69) is 5.32 Å². The van der Waals surface area contributed by atoms with Gasteiger partial charge in [0.05, 0.1) is 0 Å². The topological polar surface area (TPSA) is 56.8 Å². The molecule has 0 aromatic carbocycles. The second kappa shape index (κ2) is 2.29. The van der Waals surface area contributed by atoms with Crippen LogP contribution < -0.4 is 5.32 Å². The van der Waals surface area contributed by atoms with E-state index in [1.807, 2.05) is 13.8 Å². The summed E-state index contributed by atoms with van der Waals surface area (Å²) < 4.78 is 16.6. The lowest BCUT2D eigenvalue weighted by Gasteiger charge is -2.27. The van der Waals surface area contributed by atoms with Crippen LogP contribution in [0, 0.1) is 0 Å². The molecule has 0 aromatic rings. The fourth-order valence-electron chi connectivity index (χ4n) is 2.51. The summed E-state index contributed by atoms with van der Waals surface area (Å²) in [6.07, 6.45) is -0.440. The molecule has 0 saturated carbocycles. The van der Waals surface area contributed by atoms with Crippen molar-refractivity contribution in [2.24, 2.45) is 0 Å². The molecule has 5 nitrogen and oxygen atoms in total. The minimum Gasteiger partial charge on any atom is -0.456 e. The van der Waals surface area contributed by atoms with Crippen molar-refractivity contribution in [2.45, 2.75) is 37.4 Å². The summed E-state index contributed by atoms with van der Waals surface area (Å²) in [6, 6.07) is 0. The molecular formula is C9H13NO4. The number of piperidine rings is 1. The predicted octanol–water partition coefficient (Wildman–Crippen LogP) is -0.595. The SMILES string of the molecule is CC1(C)O[C@@H]2[C@H]3CNC[C@]2(O1)C(=O)O3. The molecule has 0 aromatic heterocycles. The summed E-state index contributed by atoms with van der Waals surface area (Å²) in [6.45, 7) is 4.78. The van der Waals surface area contributed by atoms with Crippen LogP contribution in [0.25, 0.3) is 0 Å². The van der Waals surface area contributed by atoms with Crippen LogP contribution in [0.2, 0.25) is 0 Å². The Morgan fingerprint density at radius 3 is 3.00 bits per heavy atom. The van der Waals surface area contributed by atoms with Gasteiger partial charge < -0.3 is 19.5 Å². The van der Waals surface area contributed by atoms with Crippen LogP contribution in [0.4, 0.5) is 0 Å².